The lowest BCUT2D eigenvalue weighted by Crippen LogP contribution is -2.22. The first-order valence-corrected chi connectivity index (χ1v) is 9.68. The van der Waals surface area contributed by atoms with Gasteiger partial charge in [0.2, 0.25) is 0 Å². The zero-order valence-electron chi connectivity index (χ0n) is 15.7. The summed E-state index contributed by atoms with van der Waals surface area (Å²) < 4.78 is 11.9. The molecule has 4 rings (SSSR count). The summed E-state index contributed by atoms with van der Waals surface area (Å²) in [6.07, 6.45) is 4.58. The number of anilines is 1. The minimum atomic E-state index is 0.178. The van der Waals surface area contributed by atoms with Crippen molar-refractivity contribution in [2.45, 2.75) is 19.1 Å². The van der Waals surface area contributed by atoms with Gasteiger partial charge in [-0.25, -0.2) is 4.98 Å². The van der Waals surface area contributed by atoms with Gasteiger partial charge in [0.05, 0.1) is 30.8 Å². The number of nitriles is 1. The molecule has 3 aromatic rings. The van der Waals surface area contributed by atoms with E-state index >= 15 is 0 Å². The Morgan fingerprint density at radius 2 is 2.00 bits per heavy atom. The van der Waals surface area contributed by atoms with Crippen LogP contribution >= 0.6 is 11.6 Å². The normalized spacial score (nSPS) is 15.9. The molecule has 3 heterocycles. The molecule has 0 amide bonds. The van der Waals surface area contributed by atoms with E-state index in [1.807, 2.05) is 36.5 Å². The Bertz CT molecular complexity index is 1020. The van der Waals surface area contributed by atoms with Crippen LogP contribution < -0.4 is 9.64 Å². The SMILES string of the molecule is N#Cc1cc(Oc2cncc(N3CCC(OCc4ccccc4)C3)c2)cc(Cl)n1. The molecule has 0 N–H and O–H groups in total. The van der Waals surface area contributed by atoms with Gasteiger partial charge in [0.15, 0.2) is 0 Å². The van der Waals surface area contributed by atoms with Crippen molar-refractivity contribution in [1.29, 1.82) is 5.26 Å². The fourth-order valence-electron chi connectivity index (χ4n) is 3.25. The van der Waals surface area contributed by atoms with Gasteiger partial charge >= 0.3 is 0 Å². The Morgan fingerprint density at radius 3 is 2.83 bits per heavy atom. The first-order chi connectivity index (χ1) is 14.2. The molecule has 1 saturated heterocycles. The standard InChI is InChI=1S/C22H19ClN4O2/c23-22-10-20(8-17(11-24)26-22)29-21-9-18(12-25-13-21)27-7-6-19(14-27)28-15-16-4-2-1-3-5-16/h1-5,8-10,12-13,19H,6-7,14-15H2. The van der Waals surface area contributed by atoms with Gasteiger partial charge in [-0.3, -0.25) is 4.98 Å². The summed E-state index contributed by atoms with van der Waals surface area (Å²) in [5.41, 5.74) is 2.35. The topological polar surface area (TPSA) is 71.3 Å². The van der Waals surface area contributed by atoms with Gasteiger partial charge < -0.3 is 14.4 Å². The van der Waals surface area contributed by atoms with Crippen molar-refractivity contribution in [2.24, 2.45) is 0 Å². The fourth-order valence-corrected chi connectivity index (χ4v) is 3.45. The van der Waals surface area contributed by atoms with E-state index in [-0.39, 0.29) is 17.0 Å². The second-order valence-electron chi connectivity index (χ2n) is 6.76. The largest absolute Gasteiger partial charge is 0.455 e. The van der Waals surface area contributed by atoms with Crippen molar-refractivity contribution in [3.05, 3.63) is 77.3 Å². The average Bonchev–Trinajstić information content (AvgIpc) is 3.22. The average molecular weight is 407 g/mol. The van der Waals surface area contributed by atoms with E-state index in [2.05, 4.69) is 27.0 Å². The number of aromatic nitrogens is 2. The summed E-state index contributed by atoms with van der Waals surface area (Å²) in [7, 11) is 0. The molecule has 1 unspecified atom stereocenters. The molecule has 1 aliphatic heterocycles. The fraction of sp³-hybridized carbons (Fsp3) is 0.227. The Balaban J connectivity index is 1.39. The van der Waals surface area contributed by atoms with E-state index in [0.717, 1.165) is 25.2 Å². The summed E-state index contributed by atoms with van der Waals surface area (Å²) >= 11 is 5.94. The van der Waals surface area contributed by atoms with E-state index < -0.39 is 0 Å². The third kappa shape index (κ3) is 5.02. The first kappa shape index (κ1) is 19.2. The highest BCUT2D eigenvalue weighted by atomic mass is 35.5. The quantitative estimate of drug-likeness (QED) is 0.557. The molecule has 1 aromatic carbocycles. The van der Waals surface area contributed by atoms with Crippen LogP contribution in [-0.4, -0.2) is 29.2 Å². The van der Waals surface area contributed by atoms with Crippen molar-refractivity contribution in [3.8, 4) is 17.6 Å². The molecule has 0 bridgehead atoms. The maximum absolute atomic E-state index is 9.02. The molecule has 0 radical (unpaired) electrons. The van der Waals surface area contributed by atoms with E-state index in [1.165, 1.54) is 5.56 Å². The Hall–Kier alpha value is -3.14. The highest BCUT2D eigenvalue weighted by molar-refractivity contribution is 6.29. The monoisotopic (exact) mass is 406 g/mol. The summed E-state index contributed by atoms with van der Waals surface area (Å²) in [4.78, 5) is 10.4. The number of halogens is 1. The van der Waals surface area contributed by atoms with Crippen molar-refractivity contribution in [3.63, 3.8) is 0 Å². The predicted molar refractivity (Wildman–Crippen MR) is 110 cm³/mol. The summed E-state index contributed by atoms with van der Waals surface area (Å²) in [5, 5.41) is 9.23. The van der Waals surface area contributed by atoms with Gasteiger partial charge in [-0.2, -0.15) is 5.26 Å². The molecule has 0 aliphatic carbocycles. The second kappa shape index (κ2) is 8.91. The van der Waals surface area contributed by atoms with Crippen LogP contribution in [0.1, 0.15) is 17.7 Å². The third-order valence-electron chi connectivity index (χ3n) is 4.66. The molecule has 2 aromatic heterocycles. The summed E-state index contributed by atoms with van der Waals surface area (Å²) in [6, 6.07) is 17.2. The van der Waals surface area contributed by atoms with Gasteiger partial charge in [-0.05, 0) is 12.0 Å². The van der Waals surface area contributed by atoms with Gasteiger partial charge in [-0.15, -0.1) is 0 Å². The van der Waals surface area contributed by atoms with Crippen LogP contribution in [0.2, 0.25) is 5.15 Å². The van der Waals surface area contributed by atoms with Crippen molar-refractivity contribution in [2.75, 3.05) is 18.0 Å². The van der Waals surface area contributed by atoms with E-state index in [0.29, 0.717) is 18.1 Å². The molecule has 1 aliphatic rings. The summed E-state index contributed by atoms with van der Waals surface area (Å²) in [6.45, 7) is 2.31. The second-order valence-corrected chi connectivity index (χ2v) is 7.14. The van der Waals surface area contributed by atoms with Crippen LogP contribution in [0.3, 0.4) is 0 Å². The number of pyridine rings is 2. The van der Waals surface area contributed by atoms with E-state index in [9.17, 15) is 0 Å². The number of rotatable bonds is 6. The lowest BCUT2D eigenvalue weighted by Gasteiger charge is -2.19. The molecule has 0 spiro atoms. The minimum absolute atomic E-state index is 0.178. The maximum Gasteiger partial charge on any atom is 0.147 e. The minimum Gasteiger partial charge on any atom is -0.455 e. The van der Waals surface area contributed by atoms with Gasteiger partial charge in [0.25, 0.3) is 0 Å². The molecule has 7 heteroatoms. The number of nitrogens with zero attached hydrogens (tertiary/aromatic N) is 4. The zero-order valence-corrected chi connectivity index (χ0v) is 16.4. The van der Waals surface area contributed by atoms with Crippen LogP contribution in [0.5, 0.6) is 11.5 Å². The Morgan fingerprint density at radius 1 is 1.14 bits per heavy atom. The van der Waals surface area contributed by atoms with Crippen LogP contribution in [0.4, 0.5) is 5.69 Å². The highest BCUT2D eigenvalue weighted by Crippen LogP contribution is 2.29. The molecule has 146 valence electrons. The van der Waals surface area contributed by atoms with Crippen LogP contribution in [0, 0.1) is 11.3 Å². The zero-order chi connectivity index (χ0) is 20.1. The molecular formula is C22H19ClN4O2. The number of hydrogen-bond donors (Lipinski definition) is 0. The van der Waals surface area contributed by atoms with Crippen molar-refractivity contribution >= 4 is 17.3 Å². The van der Waals surface area contributed by atoms with Crippen LogP contribution in [0.15, 0.2) is 60.9 Å². The van der Waals surface area contributed by atoms with E-state index in [1.54, 1.807) is 18.3 Å². The third-order valence-corrected chi connectivity index (χ3v) is 4.85. The molecule has 6 nitrogen and oxygen atoms in total. The van der Waals surface area contributed by atoms with Crippen molar-refractivity contribution in [1.82, 2.24) is 9.97 Å². The van der Waals surface area contributed by atoms with Crippen molar-refractivity contribution < 1.29 is 9.47 Å². The highest BCUT2D eigenvalue weighted by Gasteiger charge is 2.24. The molecule has 29 heavy (non-hydrogen) atoms. The van der Waals surface area contributed by atoms with Crippen LogP contribution in [0.25, 0.3) is 0 Å². The number of ether oxygens (including phenoxy) is 2. The Kier molecular flexibility index (Phi) is 5.89. The Labute approximate surface area is 174 Å². The van der Waals surface area contributed by atoms with Gasteiger partial charge in [-0.1, -0.05) is 41.9 Å². The first-order valence-electron chi connectivity index (χ1n) is 9.31. The van der Waals surface area contributed by atoms with Crippen LogP contribution in [-0.2, 0) is 11.3 Å². The lowest BCUT2D eigenvalue weighted by molar-refractivity contribution is 0.0553. The predicted octanol–water partition coefficient (Wildman–Crippen LogP) is 4.59. The lowest BCUT2D eigenvalue weighted by atomic mass is 10.2. The molecular weight excluding hydrogens is 388 g/mol. The van der Waals surface area contributed by atoms with E-state index in [4.69, 9.17) is 26.3 Å². The summed E-state index contributed by atoms with van der Waals surface area (Å²) in [5.74, 6) is 1.02. The number of benzene rings is 1. The smallest absolute Gasteiger partial charge is 0.147 e. The maximum atomic E-state index is 9.02. The molecule has 1 atom stereocenters. The molecule has 0 saturated carbocycles. The van der Waals surface area contributed by atoms with Gasteiger partial charge in [0.1, 0.15) is 28.4 Å². The number of hydrogen-bond acceptors (Lipinski definition) is 6. The van der Waals surface area contributed by atoms with Gasteiger partial charge in [0, 0.05) is 31.3 Å². The molecule has 1 fully saturated rings.